The summed E-state index contributed by atoms with van der Waals surface area (Å²) in [5.41, 5.74) is 2.91. The summed E-state index contributed by atoms with van der Waals surface area (Å²) in [5.74, 6) is 0.0756. The summed E-state index contributed by atoms with van der Waals surface area (Å²) < 4.78 is 0. The zero-order valence-corrected chi connectivity index (χ0v) is 14.1. The number of nitrogens with zero attached hydrogens (tertiary/aromatic N) is 1. The highest BCUT2D eigenvalue weighted by atomic mass is 35.5. The van der Waals surface area contributed by atoms with Crippen molar-refractivity contribution in [2.24, 2.45) is 0 Å². The molecule has 1 aliphatic heterocycles. The second-order valence-electron chi connectivity index (χ2n) is 5.37. The van der Waals surface area contributed by atoms with E-state index in [-0.39, 0.29) is 18.3 Å². The van der Waals surface area contributed by atoms with Crippen molar-refractivity contribution in [3.63, 3.8) is 0 Å². The Morgan fingerprint density at radius 3 is 2.77 bits per heavy atom. The lowest BCUT2D eigenvalue weighted by atomic mass is 10.1. The van der Waals surface area contributed by atoms with Gasteiger partial charge in [0.25, 0.3) is 0 Å². The maximum Gasteiger partial charge on any atom is 0.225 e. The van der Waals surface area contributed by atoms with Crippen molar-refractivity contribution in [3.05, 3.63) is 34.7 Å². The van der Waals surface area contributed by atoms with E-state index in [0.29, 0.717) is 12.5 Å². The third-order valence-corrected chi connectivity index (χ3v) is 4.45. The fraction of sp³-hybridized carbons (Fsp3) is 0.375. The van der Waals surface area contributed by atoms with Gasteiger partial charge in [0, 0.05) is 29.1 Å². The van der Waals surface area contributed by atoms with E-state index in [1.807, 2.05) is 31.2 Å². The van der Waals surface area contributed by atoms with Crippen molar-refractivity contribution in [2.45, 2.75) is 32.2 Å². The first-order valence-corrected chi connectivity index (χ1v) is 8.14. The van der Waals surface area contributed by atoms with Gasteiger partial charge in [-0.1, -0.05) is 12.1 Å². The van der Waals surface area contributed by atoms with Crippen LogP contribution >= 0.6 is 23.7 Å². The molecule has 2 N–H and O–H groups in total. The lowest BCUT2D eigenvalue weighted by Gasteiger charge is -2.10. The van der Waals surface area contributed by atoms with Gasteiger partial charge in [-0.3, -0.25) is 4.79 Å². The average Bonchev–Trinajstić information content (AvgIpc) is 3.11. The molecule has 1 unspecified atom stereocenters. The van der Waals surface area contributed by atoms with Crippen molar-refractivity contribution in [3.8, 4) is 11.3 Å². The van der Waals surface area contributed by atoms with Crippen LogP contribution in [0.5, 0.6) is 0 Å². The van der Waals surface area contributed by atoms with Gasteiger partial charge in [0.2, 0.25) is 5.91 Å². The molecule has 6 heteroatoms. The molecule has 4 nitrogen and oxygen atoms in total. The topological polar surface area (TPSA) is 54.0 Å². The molecule has 0 aliphatic carbocycles. The lowest BCUT2D eigenvalue weighted by molar-refractivity contribution is -0.116. The first kappa shape index (κ1) is 16.9. The number of benzene rings is 1. The lowest BCUT2D eigenvalue weighted by Crippen LogP contribution is -2.27. The van der Waals surface area contributed by atoms with Crippen LogP contribution in [0.25, 0.3) is 11.3 Å². The minimum absolute atomic E-state index is 0. The number of rotatable bonds is 4. The molecule has 1 atom stereocenters. The molecule has 1 aromatic carbocycles. The number of carbonyl (C=O) groups is 1. The molecule has 0 saturated carbocycles. The predicted octanol–water partition coefficient (Wildman–Crippen LogP) is 3.62. The molecule has 0 radical (unpaired) electrons. The molecule has 1 amide bonds. The van der Waals surface area contributed by atoms with Crippen LogP contribution in [-0.4, -0.2) is 23.5 Å². The molecule has 3 rings (SSSR count). The summed E-state index contributed by atoms with van der Waals surface area (Å²) in [6.45, 7) is 3.03. The van der Waals surface area contributed by atoms with Gasteiger partial charge in [-0.2, -0.15) is 0 Å². The Balaban J connectivity index is 0.00000176. The molecule has 1 aliphatic rings. The van der Waals surface area contributed by atoms with Gasteiger partial charge in [-0.25, -0.2) is 4.98 Å². The van der Waals surface area contributed by atoms with Crippen molar-refractivity contribution >= 4 is 35.3 Å². The van der Waals surface area contributed by atoms with Crippen LogP contribution in [0.3, 0.4) is 0 Å². The zero-order chi connectivity index (χ0) is 14.7. The third kappa shape index (κ3) is 4.29. The van der Waals surface area contributed by atoms with Crippen LogP contribution in [0.4, 0.5) is 5.69 Å². The van der Waals surface area contributed by atoms with Crippen LogP contribution in [0.1, 0.15) is 24.3 Å². The second kappa shape index (κ2) is 7.72. The first-order valence-electron chi connectivity index (χ1n) is 7.26. The quantitative estimate of drug-likeness (QED) is 0.895. The summed E-state index contributed by atoms with van der Waals surface area (Å²) in [5, 5.41) is 9.41. The Bertz CT molecular complexity index is 621. The molecule has 22 heavy (non-hydrogen) atoms. The van der Waals surface area contributed by atoms with Crippen molar-refractivity contribution in [1.29, 1.82) is 0 Å². The van der Waals surface area contributed by atoms with Crippen molar-refractivity contribution in [1.82, 2.24) is 10.3 Å². The Hall–Kier alpha value is -1.43. The summed E-state index contributed by atoms with van der Waals surface area (Å²) in [6, 6.07) is 8.20. The SMILES string of the molecule is Cc1nc(-c2ccc(NC(=O)CC3CCCN3)cc2)cs1.Cl. The molecule has 0 bridgehead atoms. The van der Waals surface area contributed by atoms with Crippen molar-refractivity contribution < 1.29 is 4.79 Å². The molecule has 1 fully saturated rings. The summed E-state index contributed by atoms with van der Waals surface area (Å²) in [7, 11) is 0. The zero-order valence-electron chi connectivity index (χ0n) is 12.5. The molecular weight excluding hydrogens is 318 g/mol. The Labute approximate surface area is 140 Å². The predicted molar refractivity (Wildman–Crippen MR) is 93.8 cm³/mol. The van der Waals surface area contributed by atoms with E-state index in [2.05, 4.69) is 21.0 Å². The van der Waals surface area contributed by atoms with E-state index in [1.165, 1.54) is 6.42 Å². The molecule has 1 saturated heterocycles. The average molecular weight is 338 g/mol. The monoisotopic (exact) mass is 337 g/mol. The number of aromatic nitrogens is 1. The highest BCUT2D eigenvalue weighted by Gasteiger charge is 2.17. The maximum absolute atomic E-state index is 12.0. The number of amides is 1. The molecule has 0 spiro atoms. The van der Waals surface area contributed by atoms with E-state index in [0.717, 1.165) is 34.9 Å². The van der Waals surface area contributed by atoms with Crippen LogP contribution in [0, 0.1) is 6.92 Å². The number of nitrogens with one attached hydrogen (secondary N) is 2. The maximum atomic E-state index is 12.0. The highest BCUT2D eigenvalue weighted by Crippen LogP contribution is 2.23. The van der Waals surface area contributed by atoms with Crippen LogP contribution < -0.4 is 10.6 Å². The Morgan fingerprint density at radius 1 is 1.41 bits per heavy atom. The molecular formula is C16H20ClN3OS. The largest absolute Gasteiger partial charge is 0.326 e. The number of anilines is 1. The number of hydrogen-bond donors (Lipinski definition) is 2. The van der Waals surface area contributed by atoms with Crippen LogP contribution in [-0.2, 0) is 4.79 Å². The van der Waals surface area contributed by atoms with Gasteiger partial charge in [0.1, 0.15) is 0 Å². The molecule has 118 valence electrons. The Kier molecular flexibility index (Phi) is 5.94. The van der Waals surface area contributed by atoms with E-state index >= 15 is 0 Å². The van der Waals surface area contributed by atoms with Gasteiger partial charge in [0.15, 0.2) is 0 Å². The van der Waals surface area contributed by atoms with Gasteiger partial charge < -0.3 is 10.6 Å². The first-order chi connectivity index (χ1) is 10.2. The summed E-state index contributed by atoms with van der Waals surface area (Å²) >= 11 is 1.64. The van der Waals surface area contributed by atoms with Crippen molar-refractivity contribution in [2.75, 3.05) is 11.9 Å². The number of aryl methyl sites for hydroxylation is 1. The normalized spacial score (nSPS) is 17.0. The molecule has 1 aromatic heterocycles. The van der Waals surface area contributed by atoms with Gasteiger partial charge in [-0.15, -0.1) is 23.7 Å². The Morgan fingerprint density at radius 2 is 2.18 bits per heavy atom. The van der Waals surface area contributed by atoms with E-state index < -0.39 is 0 Å². The summed E-state index contributed by atoms with van der Waals surface area (Å²) in [6.07, 6.45) is 2.81. The standard InChI is InChI=1S/C16H19N3OS.ClH/c1-11-18-15(10-21-11)12-4-6-13(7-5-12)19-16(20)9-14-3-2-8-17-14;/h4-7,10,14,17H,2-3,8-9H2,1H3,(H,19,20);1H. The smallest absolute Gasteiger partial charge is 0.225 e. The van der Waals surface area contributed by atoms with Gasteiger partial charge in [0.05, 0.1) is 10.7 Å². The fourth-order valence-electron chi connectivity index (χ4n) is 2.59. The minimum Gasteiger partial charge on any atom is -0.326 e. The van der Waals surface area contributed by atoms with Crippen LogP contribution in [0.15, 0.2) is 29.6 Å². The number of halogens is 1. The highest BCUT2D eigenvalue weighted by molar-refractivity contribution is 7.09. The van der Waals surface area contributed by atoms with Crippen LogP contribution in [0.2, 0.25) is 0 Å². The van der Waals surface area contributed by atoms with Gasteiger partial charge >= 0.3 is 0 Å². The number of carbonyl (C=O) groups excluding carboxylic acids is 1. The van der Waals surface area contributed by atoms with Gasteiger partial charge in [-0.05, 0) is 38.4 Å². The third-order valence-electron chi connectivity index (χ3n) is 3.68. The van der Waals surface area contributed by atoms with E-state index in [4.69, 9.17) is 0 Å². The molecule has 2 heterocycles. The second-order valence-corrected chi connectivity index (χ2v) is 6.44. The van der Waals surface area contributed by atoms with E-state index in [1.54, 1.807) is 11.3 Å². The fourth-order valence-corrected chi connectivity index (χ4v) is 3.21. The summed E-state index contributed by atoms with van der Waals surface area (Å²) in [4.78, 5) is 16.4. The number of hydrogen-bond acceptors (Lipinski definition) is 4. The van der Waals surface area contributed by atoms with E-state index in [9.17, 15) is 4.79 Å². The molecule has 2 aromatic rings. The minimum atomic E-state index is 0. The number of thiazole rings is 1.